The number of nitrogens with one attached hydrogen (secondary N) is 2. The minimum atomic E-state index is -0.0876. The molecule has 4 rings (SSSR count). The van der Waals surface area contributed by atoms with E-state index in [1.165, 1.54) is 22.3 Å². The van der Waals surface area contributed by atoms with E-state index in [1.54, 1.807) is 0 Å². The van der Waals surface area contributed by atoms with Crippen molar-refractivity contribution in [1.82, 2.24) is 15.2 Å². The summed E-state index contributed by atoms with van der Waals surface area (Å²) in [5, 5.41) is 8.29. The molecule has 0 spiro atoms. The van der Waals surface area contributed by atoms with Crippen molar-refractivity contribution in [3.63, 3.8) is 0 Å². The van der Waals surface area contributed by atoms with E-state index < -0.39 is 0 Å². The van der Waals surface area contributed by atoms with E-state index in [2.05, 4.69) is 65.9 Å². The maximum atomic E-state index is 12.4. The molecule has 27 heavy (non-hydrogen) atoms. The normalized spacial score (nSPS) is 14.4. The van der Waals surface area contributed by atoms with E-state index in [1.807, 2.05) is 17.2 Å². The number of nitrogens with zero attached hydrogens (tertiary/aromatic N) is 2. The van der Waals surface area contributed by atoms with Crippen LogP contribution in [-0.4, -0.2) is 42.1 Å². The number of pyridine rings is 1. The number of hydrogen-bond acceptors (Lipinski definition) is 3. The first kappa shape index (κ1) is 17.5. The Kier molecular flexibility index (Phi) is 4.77. The van der Waals surface area contributed by atoms with Gasteiger partial charge in [0.05, 0.1) is 0 Å². The van der Waals surface area contributed by atoms with Crippen LogP contribution in [0.2, 0.25) is 0 Å². The van der Waals surface area contributed by atoms with Crippen LogP contribution in [0.25, 0.3) is 21.9 Å². The predicted octanol–water partition coefficient (Wildman–Crippen LogP) is 3.96. The van der Waals surface area contributed by atoms with Crippen LogP contribution in [0, 0.1) is 13.8 Å². The van der Waals surface area contributed by atoms with Crippen LogP contribution in [-0.2, 0) is 0 Å². The Hall–Kier alpha value is -2.92. The molecule has 2 N–H and O–H groups in total. The molecule has 2 heterocycles. The van der Waals surface area contributed by atoms with Crippen LogP contribution >= 0.6 is 0 Å². The van der Waals surface area contributed by atoms with Gasteiger partial charge in [-0.1, -0.05) is 35.9 Å². The Bertz CT molecular complexity index is 993. The van der Waals surface area contributed by atoms with Crippen molar-refractivity contribution in [2.24, 2.45) is 0 Å². The minimum absolute atomic E-state index is 0.0876. The molecule has 1 aliphatic rings. The monoisotopic (exact) mass is 360 g/mol. The van der Waals surface area contributed by atoms with E-state index in [0.29, 0.717) is 5.82 Å². The van der Waals surface area contributed by atoms with Crippen molar-refractivity contribution < 1.29 is 4.79 Å². The summed E-state index contributed by atoms with van der Waals surface area (Å²) < 4.78 is 0. The third-order valence-electron chi connectivity index (χ3n) is 5.07. The molecule has 0 unspecified atom stereocenters. The lowest BCUT2D eigenvalue weighted by atomic mass is 9.97. The molecule has 2 aromatic carbocycles. The molecule has 5 heteroatoms. The summed E-state index contributed by atoms with van der Waals surface area (Å²) in [6.07, 6.45) is 1.83. The van der Waals surface area contributed by atoms with E-state index >= 15 is 0 Å². The zero-order chi connectivity index (χ0) is 18.8. The molecule has 0 radical (unpaired) electrons. The van der Waals surface area contributed by atoms with Gasteiger partial charge in [-0.15, -0.1) is 0 Å². The largest absolute Gasteiger partial charge is 0.323 e. The van der Waals surface area contributed by atoms with Crippen molar-refractivity contribution in [2.45, 2.75) is 13.8 Å². The first-order chi connectivity index (χ1) is 13.1. The van der Waals surface area contributed by atoms with Gasteiger partial charge in [0, 0.05) is 37.8 Å². The smallest absolute Gasteiger partial charge is 0.322 e. The van der Waals surface area contributed by atoms with Gasteiger partial charge in [0.15, 0.2) is 0 Å². The summed E-state index contributed by atoms with van der Waals surface area (Å²) in [6.45, 7) is 7.35. The molecule has 1 saturated heterocycles. The first-order valence-electron chi connectivity index (χ1n) is 9.34. The number of aromatic nitrogens is 1. The summed E-state index contributed by atoms with van der Waals surface area (Å²) in [5.41, 5.74) is 4.93. The van der Waals surface area contributed by atoms with Gasteiger partial charge in [-0.25, -0.2) is 9.78 Å². The molecule has 0 bridgehead atoms. The van der Waals surface area contributed by atoms with Gasteiger partial charge >= 0.3 is 6.03 Å². The van der Waals surface area contributed by atoms with Gasteiger partial charge < -0.3 is 10.2 Å². The highest BCUT2D eigenvalue weighted by Crippen LogP contribution is 2.28. The number of urea groups is 1. The fraction of sp³-hybridized carbons (Fsp3) is 0.273. The third kappa shape index (κ3) is 3.78. The minimum Gasteiger partial charge on any atom is -0.322 e. The summed E-state index contributed by atoms with van der Waals surface area (Å²) in [7, 11) is 0. The molecular formula is C22H24N4O. The van der Waals surface area contributed by atoms with Crippen molar-refractivity contribution >= 4 is 22.6 Å². The molecule has 2 amide bonds. The topological polar surface area (TPSA) is 57.3 Å². The number of fused-ring (bicyclic) bond motifs is 1. The number of piperazine rings is 1. The highest BCUT2D eigenvalue weighted by atomic mass is 16.2. The molecule has 1 fully saturated rings. The molecule has 5 nitrogen and oxygen atoms in total. The van der Waals surface area contributed by atoms with Crippen LogP contribution in [0.4, 0.5) is 10.6 Å². The molecule has 3 aromatic rings. The number of amides is 2. The Balaban J connectivity index is 1.58. The van der Waals surface area contributed by atoms with E-state index in [9.17, 15) is 4.79 Å². The Morgan fingerprint density at radius 3 is 2.67 bits per heavy atom. The maximum Gasteiger partial charge on any atom is 0.323 e. The van der Waals surface area contributed by atoms with Crippen LogP contribution in [0.5, 0.6) is 0 Å². The molecule has 138 valence electrons. The van der Waals surface area contributed by atoms with Gasteiger partial charge in [0.2, 0.25) is 0 Å². The molecule has 0 saturated carbocycles. The highest BCUT2D eigenvalue weighted by molar-refractivity contribution is 5.93. The van der Waals surface area contributed by atoms with Crippen molar-refractivity contribution in [3.05, 3.63) is 59.8 Å². The number of rotatable bonds is 2. The van der Waals surface area contributed by atoms with Crippen molar-refractivity contribution in [2.75, 3.05) is 31.5 Å². The lowest BCUT2D eigenvalue weighted by molar-refractivity contribution is 0.204. The van der Waals surface area contributed by atoms with Crippen LogP contribution in [0.15, 0.2) is 48.7 Å². The van der Waals surface area contributed by atoms with Gasteiger partial charge in [-0.05, 0) is 48.1 Å². The number of carbonyl (C=O) groups excluding carboxylic acids is 1. The first-order valence-corrected chi connectivity index (χ1v) is 9.34. The fourth-order valence-electron chi connectivity index (χ4n) is 3.48. The molecule has 1 aromatic heterocycles. The van der Waals surface area contributed by atoms with Gasteiger partial charge in [-0.2, -0.15) is 0 Å². The fourth-order valence-corrected chi connectivity index (χ4v) is 3.48. The van der Waals surface area contributed by atoms with Crippen molar-refractivity contribution in [3.8, 4) is 11.1 Å². The van der Waals surface area contributed by atoms with E-state index in [0.717, 1.165) is 37.0 Å². The Labute approximate surface area is 159 Å². The Morgan fingerprint density at radius 1 is 1.04 bits per heavy atom. The van der Waals surface area contributed by atoms with E-state index in [4.69, 9.17) is 0 Å². The number of anilines is 1. The van der Waals surface area contributed by atoms with Gasteiger partial charge in [0.1, 0.15) is 5.82 Å². The molecule has 0 aliphatic carbocycles. The van der Waals surface area contributed by atoms with Crippen LogP contribution in [0.1, 0.15) is 11.1 Å². The van der Waals surface area contributed by atoms with Gasteiger partial charge in [0.25, 0.3) is 0 Å². The van der Waals surface area contributed by atoms with Gasteiger partial charge in [-0.3, -0.25) is 5.32 Å². The zero-order valence-corrected chi connectivity index (χ0v) is 15.7. The zero-order valence-electron chi connectivity index (χ0n) is 15.7. The number of benzene rings is 2. The quantitative estimate of drug-likeness (QED) is 0.727. The van der Waals surface area contributed by atoms with Crippen LogP contribution in [0.3, 0.4) is 0 Å². The number of carbonyl (C=O) groups is 1. The lowest BCUT2D eigenvalue weighted by Gasteiger charge is -2.27. The van der Waals surface area contributed by atoms with Crippen LogP contribution < -0.4 is 10.6 Å². The molecule has 1 aliphatic heterocycles. The second-order valence-electron chi connectivity index (χ2n) is 7.12. The third-order valence-corrected chi connectivity index (χ3v) is 5.07. The van der Waals surface area contributed by atoms with E-state index in [-0.39, 0.29) is 6.03 Å². The highest BCUT2D eigenvalue weighted by Gasteiger charge is 2.16. The lowest BCUT2D eigenvalue weighted by Crippen LogP contribution is -2.48. The average molecular weight is 360 g/mol. The molecular weight excluding hydrogens is 336 g/mol. The average Bonchev–Trinajstić information content (AvgIpc) is 2.70. The summed E-state index contributed by atoms with van der Waals surface area (Å²) in [4.78, 5) is 18.6. The number of hydrogen-bond donors (Lipinski definition) is 2. The maximum absolute atomic E-state index is 12.4. The van der Waals surface area contributed by atoms with Crippen molar-refractivity contribution in [1.29, 1.82) is 0 Å². The number of aryl methyl sites for hydroxylation is 2. The Morgan fingerprint density at radius 2 is 1.85 bits per heavy atom. The summed E-state index contributed by atoms with van der Waals surface area (Å²) >= 11 is 0. The SMILES string of the molecule is Cc1ccc(C)c(-c2ccc3cc(NC(=O)N4CCNCC4)ncc3c2)c1. The second-order valence-corrected chi connectivity index (χ2v) is 7.12. The second kappa shape index (κ2) is 7.37. The molecule has 0 atom stereocenters. The summed E-state index contributed by atoms with van der Waals surface area (Å²) in [5.74, 6) is 0.588. The predicted molar refractivity (Wildman–Crippen MR) is 110 cm³/mol. The summed E-state index contributed by atoms with van der Waals surface area (Å²) in [6, 6.07) is 14.7. The standard InChI is InChI=1S/C22H24N4O/c1-15-3-4-16(2)20(11-15)18-6-5-17-13-21(24-14-19(17)12-18)25-22(27)26-9-7-23-8-10-26/h3-6,11-14,23H,7-10H2,1-2H3,(H,24,25,27).